The summed E-state index contributed by atoms with van der Waals surface area (Å²) in [7, 11) is 0. The summed E-state index contributed by atoms with van der Waals surface area (Å²) in [5.74, 6) is 0. The molecule has 0 radical (unpaired) electrons. The molecule has 0 aliphatic rings. The van der Waals surface area contributed by atoms with Crippen LogP contribution in [0.5, 0.6) is 0 Å². The molecule has 1 aromatic rings. The van der Waals surface area contributed by atoms with Crippen molar-refractivity contribution >= 4 is 5.57 Å². The van der Waals surface area contributed by atoms with E-state index in [-0.39, 0.29) is 22.3 Å². The Labute approximate surface area is 207 Å². The van der Waals surface area contributed by atoms with Gasteiger partial charge in [-0.15, -0.1) is 0 Å². The van der Waals surface area contributed by atoms with Gasteiger partial charge in [0.15, 0.2) is 0 Å². The molecule has 0 atom stereocenters. The summed E-state index contributed by atoms with van der Waals surface area (Å²) < 4.78 is 0. The third-order valence-corrected chi connectivity index (χ3v) is 3.57. The van der Waals surface area contributed by atoms with Gasteiger partial charge in [0.2, 0.25) is 0 Å². The largest absolute Gasteiger partial charge is 0.0991 e. The minimum Gasteiger partial charge on any atom is -0.0991 e. The molecule has 32 heavy (non-hydrogen) atoms. The highest BCUT2D eigenvalue weighted by Gasteiger charge is 2.10. The second-order valence-corrected chi connectivity index (χ2v) is 4.99. The number of hydrogen-bond donors (Lipinski definition) is 0. The lowest BCUT2D eigenvalue weighted by atomic mass is 9.89. The molecule has 0 heterocycles. The Balaban J connectivity index is -0.000000102. The van der Waals surface area contributed by atoms with Crippen molar-refractivity contribution in [1.29, 1.82) is 0 Å². The Morgan fingerprint density at radius 1 is 0.812 bits per heavy atom. The van der Waals surface area contributed by atoms with Crippen LogP contribution in [0.25, 0.3) is 5.57 Å². The van der Waals surface area contributed by atoms with Crippen LogP contribution in [0.1, 0.15) is 117 Å². The number of hydrogen-bond acceptors (Lipinski definition) is 0. The summed E-state index contributed by atoms with van der Waals surface area (Å²) in [6.45, 7) is 30.3. The standard InChI is InChI=1S/C21H26.4C2H6.3CH4/c1-6-13-18(14-7-2)20(8-3)17(5)21(9-4)19-15-11-10-12-16-19;4*1-2;;;/h6,8-13,15-16H,1,3,7,14H2,2,4-5H3;4*1-2H3;3*1H4/b18-13+,20-17+,21-9+;;;;;;;. The first kappa shape index (κ1) is 47.6. The van der Waals surface area contributed by atoms with Crippen molar-refractivity contribution in [3.63, 3.8) is 0 Å². The molecule has 0 bridgehead atoms. The molecule has 0 heteroatoms. The zero-order chi connectivity index (χ0) is 23.7. The van der Waals surface area contributed by atoms with E-state index in [9.17, 15) is 0 Å². The molecule has 0 fully saturated rings. The summed E-state index contributed by atoms with van der Waals surface area (Å²) in [6, 6.07) is 10.5. The molecule has 0 N–H and O–H groups in total. The molecule has 0 saturated heterocycles. The van der Waals surface area contributed by atoms with Crippen molar-refractivity contribution in [2.45, 2.75) is 111 Å². The molecule has 1 aromatic carbocycles. The van der Waals surface area contributed by atoms with E-state index in [2.05, 4.69) is 70.3 Å². The van der Waals surface area contributed by atoms with Crippen LogP contribution in [-0.4, -0.2) is 0 Å². The van der Waals surface area contributed by atoms with Gasteiger partial charge in [0, 0.05) is 0 Å². The average Bonchev–Trinajstić information content (AvgIpc) is 2.81. The maximum absolute atomic E-state index is 4.02. The fourth-order valence-corrected chi connectivity index (χ4v) is 2.61. The lowest BCUT2D eigenvalue weighted by Gasteiger charge is -2.15. The van der Waals surface area contributed by atoms with E-state index in [4.69, 9.17) is 0 Å². The second kappa shape index (κ2) is 39.4. The molecule has 190 valence electrons. The number of rotatable bonds is 7. The number of allylic oxidation sites excluding steroid dienone is 8. The van der Waals surface area contributed by atoms with E-state index in [0.29, 0.717) is 0 Å². The van der Waals surface area contributed by atoms with Crippen LogP contribution in [0.2, 0.25) is 0 Å². The summed E-state index contributed by atoms with van der Waals surface area (Å²) >= 11 is 0. The van der Waals surface area contributed by atoms with Crippen LogP contribution in [-0.2, 0) is 0 Å². The van der Waals surface area contributed by atoms with Gasteiger partial charge in [0.1, 0.15) is 0 Å². The van der Waals surface area contributed by atoms with Crippen molar-refractivity contribution in [1.82, 2.24) is 0 Å². The summed E-state index contributed by atoms with van der Waals surface area (Å²) in [6.07, 6.45) is 10.2. The van der Waals surface area contributed by atoms with Gasteiger partial charge in [-0.05, 0) is 48.1 Å². The van der Waals surface area contributed by atoms with Crippen LogP contribution in [0.4, 0.5) is 0 Å². The molecular weight excluding hydrogens is 384 g/mol. The molecular formula is C32H62. The first-order valence-electron chi connectivity index (χ1n) is 11.6. The highest BCUT2D eigenvalue weighted by Crippen LogP contribution is 2.30. The molecule has 0 unspecified atom stereocenters. The maximum Gasteiger partial charge on any atom is -0.0184 e. The predicted octanol–water partition coefficient (Wildman–Crippen LogP) is 12.5. The summed E-state index contributed by atoms with van der Waals surface area (Å²) in [5.41, 5.74) is 6.28. The first-order chi connectivity index (χ1) is 14.2. The van der Waals surface area contributed by atoms with Gasteiger partial charge in [-0.25, -0.2) is 0 Å². The van der Waals surface area contributed by atoms with Gasteiger partial charge in [-0.1, -0.05) is 159 Å². The average molecular weight is 447 g/mol. The maximum atomic E-state index is 4.02. The van der Waals surface area contributed by atoms with Crippen molar-refractivity contribution in [2.75, 3.05) is 0 Å². The molecule has 0 nitrogen and oxygen atoms in total. The van der Waals surface area contributed by atoms with E-state index in [1.54, 1.807) is 0 Å². The summed E-state index contributed by atoms with van der Waals surface area (Å²) in [5, 5.41) is 0. The molecule has 0 aliphatic carbocycles. The van der Waals surface area contributed by atoms with Crippen LogP contribution < -0.4 is 0 Å². The highest BCUT2D eigenvalue weighted by atomic mass is 14.1. The Hall–Kier alpha value is -2.08. The minimum atomic E-state index is 0. The second-order valence-electron chi connectivity index (χ2n) is 4.99. The Morgan fingerprint density at radius 2 is 1.25 bits per heavy atom. The van der Waals surface area contributed by atoms with Crippen molar-refractivity contribution in [2.24, 2.45) is 0 Å². The van der Waals surface area contributed by atoms with Gasteiger partial charge in [0.05, 0.1) is 0 Å². The smallest absolute Gasteiger partial charge is 0.0184 e. The monoisotopic (exact) mass is 446 g/mol. The van der Waals surface area contributed by atoms with Crippen molar-refractivity contribution < 1.29 is 0 Å². The van der Waals surface area contributed by atoms with Gasteiger partial charge in [-0.3, -0.25) is 0 Å². The lowest BCUT2D eigenvalue weighted by Crippen LogP contribution is -1.95. The van der Waals surface area contributed by atoms with E-state index >= 15 is 0 Å². The van der Waals surface area contributed by atoms with Gasteiger partial charge in [-0.2, -0.15) is 0 Å². The van der Waals surface area contributed by atoms with Crippen LogP contribution in [0, 0.1) is 0 Å². The van der Waals surface area contributed by atoms with Crippen molar-refractivity contribution in [3.05, 3.63) is 90.1 Å². The van der Waals surface area contributed by atoms with Gasteiger partial charge in [0.25, 0.3) is 0 Å². The fourth-order valence-electron chi connectivity index (χ4n) is 2.61. The molecule has 0 amide bonds. The van der Waals surface area contributed by atoms with E-state index in [0.717, 1.165) is 12.8 Å². The quantitative estimate of drug-likeness (QED) is 0.365. The van der Waals surface area contributed by atoms with Gasteiger partial charge >= 0.3 is 0 Å². The van der Waals surface area contributed by atoms with E-state index in [1.165, 1.54) is 27.9 Å². The Morgan fingerprint density at radius 3 is 1.56 bits per heavy atom. The predicted molar refractivity (Wildman–Crippen MR) is 162 cm³/mol. The SMILES string of the molecule is C.C.C.C=C/C=C(CCC)/C(C=C)=C(C)/C(=C\C)c1ccccc1.CC.CC.CC.CC. The molecule has 0 saturated carbocycles. The molecule has 0 aliphatic heterocycles. The molecule has 0 aromatic heterocycles. The number of benzene rings is 1. The molecule has 0 spiro atoms. The minimum absolute atomic E-state index is 0. The summed E-state index contributed by atoms with van der Waals surface area (Å²) in [4.78, 5) is 0. The zero-order valence-corrected chi connectivity index (χ0v) is 21.5. The van der Waals surface area contributed by atoms with E-state index in [1.807, 2.05) is 73.6 Å². The topological polar surface area (TPSA) is 0 Å². The Bertz CT molecular complexity index is 565. The third kappa shape index (κ3) is 19.9. The van der Waals surface area contributed by atoms with Gasteiger partial charge < -0.3 is 0 Å². The highest BCUT2D eigenvalue weighted by molar-refractivity contribution is 5.81. The van der Waals surface area contributed by atoms with E-state index < -0.39 is 0 Å². The van der Waals surface area contributed by atoms with Crippen LogP contribution in [0.3, 0.4) is 0 Å². The van der Waals surface area contributed by atoms with Crippen molar-refractivity contribution in [3.8, 4) is 0 Å². The normalized spacial score (nSPS) is 9.72. The molecule has 1 rings (SSSR count). The lowest BCUT2D eigenvalue weighted by molar-refractivity contribution is 0.915. The zero-order valence-electron chi connectivity index (χ0n) is 21.5. The first-order valence-corrected chi connectivity index (χ1v) is 11.6. The van der Waals surface area contributed by atoms with Crippen LogP contribution >= 0.6 is 0 Å². The fraction of sp³-hybridized carbons (Fsp3) is 0.500. The van der Waals surface area contributed by atoms with Crippen LogP contribution in [0.15, 0.2) is 84.5 Å². The Kier molecular flexibility index (Phi) is 58.7. The third-order valence-electron chi connectivity index (χ3n) is 3.57.